The summed E-state index contributed by atoms with van der Waals surface area (Å²) >= 11 is 0. The largest absolute Gasteiger partial charge is 0.465 e. The topological polar surface area (TPSA) is 26.3 Å². The van der Waals surface area contributed by atoms with Crippen LogP contribution in [0.15, 0.2) is 0 Å². The van der Waals surface area contributed by atoms with Gasteiger partial charge in [0.1, 0.15) is 5.56 Å². The Labute approximate surface area is 98.1 Å². The number of hydrogen-bond donors (Lipinski definition) is 0. The van der Waals surface area contributed by atoms with Crippen molar-refractivity contribution >= 4 is 5.97 Å². The van der Waals surface area contributed by atoms with Crippen molar-refractivity contribution in [1.29, 1.82) is 0 Å². The molecule has 0 aromatic heterocycles. The number of halogens is 8. The maximum absolute atomic E-state index is 13.6. The highest BCUT2D eigenvalue weighted by molar-refractivity contribution is 5.95. The lowest BCUT2D eigenvalue weighted by Crippen LogP contribution is -2.39. The predicted molar refractivity (Wildman–Crippen MR) is 40.5 cm³/mol. The third kappa shape index (κ3) is 1.51. The number of ether oxygens (including phenoxy) is 1. The Hall–Kier alpha value is -1.87. The molecule has 104 valence electrons. The molecule has 1 atom stereocenters. The molecule has 19 heavy (non-hydrogen) atoms. The molecule has 0 saturated heterocycles. The molecule has 1 heterocycles. The molecule has 0 amide bonds. The van der Waals surface area contributed by atoms with Crippen LogP contribution < -0.4 is 0 Å². The van der Waals surface area contributed by atoms with Crippen LogP contribution in [0, 0.1) is 23.3 Å². The Morgan fingerprint density at radius 1 is 0.895 bits per heavy atom. The third-order valence-corrected chi connectivity index (χ3v) is 2.39. The Kier molecular flexibility index (Phi) is 2.55. The van der Waals surface area contributed by atoms with Crippen molar-refractivity contribution in [1.82, 2.24) is 0 Å². The molecule has 0 fully saturated rings. The number of benzene rings is 1. The van der Waals surface area contributed by atoms with Gasteiger partial charge in [-0.2, -0.15) is 17.6 Å². The third-order valence-electron chi connectivity index (χ3n) is 2.39. The first-order chi connectivity index (χ1) is 8.52. The summed E-state index contributed by atoms with van der Waals surface area (Å²) in [6.45, 7) is 0. The molecule has 1 aliphatic heterocycles. The second-order valence-electron chi connectivity index (χ2n) is 3.49. The second kappa shape index (κ2) is 3.58. The molecular formula is C9F8O2. The molecule has 0 spiro atoms. The molecule has 0 aliphatic carbocycles. The molecule has 1 unspecified atom stereocenters. The highest BCUT2D eigenvalue weighted by atomic mass is 19.4. The first-order valence-electron chi connectivity index (χ1n) is 4.37. The fraction of sp³-hybridized carbons (Fsp3) is 0.222. The van der Waals surface area contributed by atoms with E-state index in [9.17, 15) is 39.9 Å². The summed E-state index contributed by atoms with van der Waals surface area (Å²) in [5.41, 5.74) is -4.32. The normalized spacial score (nSPS) is 22.4. The quantitative estimate of drug-likeness (QED) is 0.318. The van der Waals surface area contributed by atoms with E-state index in [1.165, 1.54) is 0 Å². The summed E-state index contributed by atoms with van der Waals surface area (Å²) < 4.78 is 106. The zero-order valence-electron chi connectivity index (χ0n) is 8.34. The first kappa shape index (κ1) is 13.6. The molecular weight excluding hydrogens is 292 g/mol. The minimum Gasteiger partial charge on any atom is -0.412 e. The van der Waals surface area contributed by atoms with Gasteiger partial charge in [-0.1, -0.05) is 0 Å². The molecule has 1 aliphatic rings. The van der Waals surface area contributed by atoms with Gasteiger partial charge in [0.05, 0.1) is 5.56 Å². The van der Waals surface area contributed by atoms with Gasteiger partial charge in [0, 0.05) is 0 Å². The van der Waals surface area contributed by atoms with E-state index < -0.39 is 52.4 Å². The van der Waals surface area contributed by atoms with Crippen LogP contribution in [0.1, 0.15) is 15.9 Å². The average molecular weight is 292 g/mol. The summed E-state index contributed by atoms with van der Waals surface area (Å²) in [5.74, 6) is -17.7. The minimum absolute atomic E-state index is 1.96. The maximum atomic E-state index is 13.6. The molecule has 0 bridgehead atoms. The summed E-state index contributed by atoms with van der Waals surface area (Å²) in [7, 11) is 0. The lowest BCUT2D eigenvalue weighted by atomic mass is 10.0. The number of esters is 1. The van der Waals surface area contributed by atoms with Crippen molar-refractivity contribution in [3.63, 3.8) is 0 Å². The molecule has 0 radical (unpaired) electrons. The van der Waals surface area contributed by atoms with Crippen molar-refractivity contribution < 1.29 is 44.7 Å². The summed E-state index contributed by atoms with van der Waals surface area (Å²) in [6, 6.07) is 0. The fourth-order valence-electron chi connectivity index (χ4n) is 1.55. The summed E-state index contributed by atoms with van der Waals surface area (Å²) in [4.78, 5) is 10.9. The SMILES string of the molecule is O=C1OC(F)(C(F)(F)F)c2c(F)c(F)c(F)c(F)c21. The Morgan fingerprint density at radius 2 is 1.37 bits per heavy atom. The number of alkyl halides is 4. The van der Waals surface area contributed by atoms with Gasteiger partial charge in [0.25, 0.3) is 0 Å². The molecule has 1 aromatic rings. The Morgan fingerprint density at radius 3 is 1.84 bits per heavy atom. The standard InChI is InChI=1S/C9F8O2/c10-3-1-2(4(11)6(13)5(3)12)8(14,9(15,16)17)19-7(1)18. The van der Waals surface area contributed by atoms with E-state index in [1.54, 1.807) is 0 Å². The molecule has 10 heteroatoms. The van der Waals surface area contributed by atoms with E-state index in [4.69, 9.17) is 0 Å². The van der Waals surface area contributed by atoms with Gasteiger partial charge in [0.15, 0.2) is 23.3 Å². The molecule has 0 saturated carbocycles. The number of fused-ring (bicyclic) bond motifs is 1. The van der Waals surface area contributed by atoms with Crippen molar-refractivity contribution in [2.45, 2.75) is 12.0 Å². The van der Waals surface area contributed by atoms with Gasteiger partial charge in [0.2, 0.25) is 0 Å². The van der Waals surface area contributed by atoms with Crippen LogP contribution >= 0.6 is 0 Å². The Bertz CT molecular complexity index is 593. The van der Waals surface area contributed by atoms with E-state index in [-0.39, 0.29) is 0 Å². The van der Waals surface area contributed by atoms with E-state index in [1.807, 2.05) is 0 Å². The monoisotopic (exact) mass is 292 g/mol. The lowest BCUT2D eigenvalue weighted by molar-refractivity contribution is -0.316. The van der Waals surface area contributed by atoms with Crippen LogP contribution in [0.4, 0.5) is 35.1 Å². The van der Waals surface area contributed by atoms with E-state index in [0.717, 1.165) is 0 Å². The number of hydrogen-bond acceptors (Lipinski definition) is 2. The first-order valence-corrected chi connectivity index (χ1v) is 4.37. The smallest absolute Gasteiger partial charge is 0.412 e. The molecule has 0 N–H and O–H groups in total. The highest BCUT2D eigenvalue weighted by Gasteiger charge is 2.68. The van der Waals surface area contributed by atoms with Crippen LogP contribution in [-0.4, -0.2) is 12.1 Å². The lowest BCUT2D eigenvalue weighted by Gasteiger charge is -2.22. The van der Waals surface area contributed by atoms with E-state index in [0.29, 0.717) is 0 Å². The predicted octanol–water partition coefficient (Wildman–Crippen LogP) is 3.10. The zero-order chi connectivity index (χ0) is 14.7. The molecule has 2 nitrogen and oxygen atoms in total. The molecule has 1 aromatic carbocycles. The minimum atomic E-state index is -5.99. The van der Waals surface area contributed by atoms with Gasteiger partial charge >= 0.3 is 18.0 Å². The van der Waals surface area contributed by atoms with Crippen LogP contribution in [0.25, 0.3) is 0 Å². The van der Waals surface area contributed by atoms with E-state index in [2.05, 4.69) is 4.74 Å². The van der Waals surface area contributed by atoms with E-state index >= 15 is 0 Å². The van der Waals surface area contributed by atoms with Gasteiger partial charge in [-0.25, -0.2) is 22.4 Å². The van der Waals surface area contributed by atoms with Crippen molar-refractivity contribution in [2.24, 2.45) is 0 Å². The van der Waals surface area contributed by atoms with Crippen molar-refractivity contribution in [2.75, 3.05) is 0 Å². The van der Waals surface area contributed by atoms with Gasteiger partial charge in [-0.3, -0.25) is 0 Å². The van der Waals surface area contributed by atoms with Crippen molar-refractivity contribution in [3.8, 4) is 0 Å². The highest BCUT2D eigenvalue weighted by Crippen LogP contribution is 2.51. The van der Waals surface area contributed by atoms with Gasteiger partial charge < -0.3 is 4.74 Å². The fourth-order valence-corrected chi connectivity index (χ4v) is 1.55. The Balaban J connectivity index is 2.91. The van der Waals surface area contributed by atoms with Gasteiger partial charge in [-0.15, -0.1) is 0 Å². The maximum Gasteiger partial charge on any atom is 0.465 e. The van der Waals surface area contributed by atoms with Crippen LogP contribution in [-0.2, 0) is 10.6 Å². The zero-order valence-corrected chi connectivity index (χ0v) is 8.34. The van der Waals surface area contributed by atoms with Gasteiger partial charge in [-0.05, 0) is 0 Å². The number of rotatable bonds is 0. The van der Waals surface area contributed by atoms with Crippen LogP contribution in [0.2, 0.25) is 0 Å². The number of carbonyl (C=O) groups is 1. The average Bonchev–Trinajstić information content (AvgIpc) is 2.56. The second-order valence-corrected chi connectivity index (χ2v) is 3.49. The van der Waals surface area contributed by atoms with Crippen LogP contribution in [0.5, 0.6) is 0 Å². The van der Waals surface area contributed by atoms with Crippen LogP contribution in [0.3, 0.4) is 0 Å². The molecule has 2 rings (SSSR count). The summed E-state index contributed by atoms with van der Waals surface area (Å²) in [6.07, 6.45) is -5.99. The summed E-state index contributed by atoms with van der Waals surface area (Å²) in [5, 5.41) is 0. The number of carbonyl (C=O) groups excluding carboxylic acids is 1. The van der Waals surface area contributed by atoms with Crippen molar-refractivity contribution in [3.05, 3.63) is 34.4 Å². The number of cyclic esters (lactones) is 1.